The van der Waals surface area contributed by atoms with Crippen LogP contribution in [0.15, 0.2) is 18.2 Å². The Morgan fingerprint density at radius 2 is 1.83 bits per heavy atom. The number of nitrogens with one attached hydrogen (secondary N) is 1. The van der Waals surface area contributed by atoms with Gasteiger partial charge in [-0.05, 0) is 44.7 Å². The topological polar surface area (TPSA) is 48.3 Å². The van der Waals surface area contributed by atoms with Crippen molar-refractivity contribution >= 4 is 12.4 Å². The van der Waals surface area contributed by atoms with E-state index in [2.05, 4.69) is 10.4 Å². The predicted molar refractivity (Wildman–Crippen MR) is 104 cm³/mol. The molecule has 2 saturated heterocycles. The maximum Gasteiger partial charge on any atom is 0.212 e. The third-order valence-electron chi connectivity index (χ3n) is 5.58. The van der Waals surface area contributed by atoms with Gasteiger partial charge < -0.3 is 14.8 Å². The van der Waals surface area contributed by atoms with Gasteiger partial charge in [0.1, 0.15) is 12.4 Å². The molecule has 1 N–H and O–H groups in total. The van der Waals surface area contributed by atoms with Gasteiger partial charge >= 0.3 is 0 Å². The minimum atomic E-state index is -1.22. The monoisotopic (exact) mass is 431 g/mol. The number of fused-ring (bicyclic) bond motifs is 3. The van der Waals surface area contributed by atoms with E-state index in [9.17, 15) is 13.2 Å². The summed E-state index contributed by atoms with van der Waals surface area (Å²) in [4.78, 5) is 0. The van der Waals surface area contributed by atoms with Gasteiger partial charge in [0.2, 0.25) is 5.88 Å². The van der Waals surface area contributed by atoms with E-state index < -0.39 is 17.5 Å². The number of nitrogens with zero attached hydrogens (tertiary/aromatic N) is 2. The summed E-state index contributed by atoms with van der Waals surface area (Å²) in [6.45, 7) is 0.895. The van der Waals surface area contributed by atoms with Crippen LogP contribution in [0.4, 0.5) is 13.2 Å². The molecule has 29 heavy (non-hydrogen) atoms. The number of halogens is 4. The van der Waals surface area contributed by atoms with Crippen LogP contribution >= 0.6 is 12.4 Å². The summed E-state index contributed by atoms with van der Waals surface area (Å²) in [7, 11) is 1.82. The van der Waals surface area contributed by atoms with Crippen molar-refractivity contribution in [1.82, 2.24) is 15.1 Å². The Balaban J connectivity index is 0.00000240. The number of benzene rings is 1. The van der Waals surface area contributed by atoms with E-state index in [1.807, 2.05) is 7.05 Å². The van der Waals surface area contributed by atoms with Gasteiger partial charge in [-0.2, -0.15) is 5.10 Å². The molecule has 3 heterocycles. The first-order valence-corrected chi connectivity index (χ1v) is 9.66. The van der Waals surface area contributed by atoms with Crippen molar-refractivity contribution in [1.29, 1.82) is 0 Å². The summed E-state index contributed by atoms with van der Waals surface area (Å²) in [5, 5.41) is 7.60. The molecule has 0 amide bonds. The minimum Gasteiger partial charge on any atom is -0.473 e. The fourth-order valence-corrected chi connectivity index (χ4v) is 4.11. The summed E-state index contributed by atoms with van der Waals surface area (Å²) < 4.78 is 54.0. The number of hydrogen-bond donors (Lipinski definition) is 1. The van der Waals surface area contributed by atoms with Crippen molar-refractivity contribution in [2.45, 2.75) is 57.6 Å². The Labute approximate surface area is 174 Å². The fourth-order valence-electron chi connectivity index (χ4n) is 4.11. The van der Waals surface area contributed by atoms with Gasteiger partial charge in [0.15, 0.2) is 11.6 Å². The summed E-state index contributed by atoms with van der Waals surface area (Å²) in [6, 6.07) is 3.13. The molecule has 1 aromatic carbocycles. The molecule has 0 spiro atoms. The van der Waals surface area contributed by atoms with Crippen LogP contribution in [0.5, 0.6) is 5.88 Å². The van der Waals surface area contributed by atoms with Crippen molar-refractivity contribution in [3.8, 4) is 5.88 Å². The molecule has 2 aromatic rings. The molecule has 1 atom stereocenters. The van der Waals surface area contributed by atoms with Crippen LogP contribution in [0.1, 0.15) is 36.9 Å². The van der Waals surface area contributed by atoms with Crippen LogP contribution in [0, 0.1) is 23.4 Å². The predicted octanol–water partition coefficient (Wildman–Crippen LogP) is 3.98. The second-order valence-electron chi connectivity index (χ2n) is 7.54. The molecule has 2 bridgehead atoms. The van der Waals surface area contributed by atoms with E-state index in [1.54, 1.807) is 10.7 Å². The van der Waals surface area contributed by atoms with Gasteiger partial charge in [-0.3, -0.25) is 0 Å². The van der Waals surface area contributed by atoms with Crippen molar-refractivity contribution in [3.63, 3.8) is 0 Å². The molecule has 3 aliphatic rings. The molecule has 0 radical (unpaired) electrons. The fraction of sp³-hybridized carbons (Fsp3) is 0.550. The molecule has 1 saturated carbocycles. The van der Waals surface area contributed by atoms with Crippen LogP contribution in [0.25, 0.3) is 0 Å². The van der Waals surface area contributed by atoms with Crippen LogP contribution in [0.3, 0.4) is 0 Å². The van der Waals surface area contributed by atoms with Crippen LogP contribution < -0.4 is 10.1 Å². The van der Waals surface area contributed by atoms with Gasteiger partial charge in [-0.1, -0.05) is 0 Å². The first kappa shape index (κ1) is 21.9. The lowest BCUT2D eigenvalue weighted by Crippen LogP contribution is -2.43. The zero-order valence-corrected chi connectivity index (χ0v) is 17.0. The summed E-state index contributed by atoms with van der Waals surface area (Å²) >= 11 is 0. The zero-order valence-electron chi connectivity index (χ0n) is 16.2. The number of rotatable bonds is 7. The largest absolute Gasteiger partial charge is 0.473 e. The molecule has 2 aliphatic heterocycles. The third-order valence-corrected chi connectivity index (χ3v) is 5.58. The quantitative estimate of drug-likeness (QED) is 0.674. The average molecular weight is 432 g/mol. The lowest BCUT2D eigenvalue weighted by atomic mass is 9.80. The van der Waals surface area contributed by atoms with Crippen LogP contribution in [-0.4, -0.2) is 29.0 Å². The molecule has 160 valence electrons. The molecule has 1 unspecified atom stereocenters. The molecular weight excluding hydrogens is 407 g/mol. The molecule has 9 heteroatoms. The summed E-state index contributed by atoms with van der Waals surface area (Å²) in [5.41, 5.74) is 0.735. The van der Waals surface area contributed by atoms with Gasteiger partial charge in [0, 0.05) is 24.2 Å². The van der Waals surface area contributed by atoms with E-state index in [4.69, 9.17) is 9.47 Å². The summed E-state index contributed by atoms with van der Waals surface area (Å²) in [5.74, 6) is -2.19. The Morgan fingerprint density at radius 1 is 1.10 bits per heavy atom. The Hall–Kier alpha value is -1.77. The molecular formula is C20H25ClF3N3O2. The highest BCUT2D eigenvalue weighted by molar-refractivity contribution is 5.85. The van der Waals surface area contributed by atoms with E-state index >= 15 is 0 Å². The molecule has 1 aromatic heterocycles. The molecule has 5 nitrogen and oxygen atoms in total. The first-order chi connectivity index (χ1) is 13.5. The smallest absolute Gasteiger partial charge is 0.212 e. The van der Waals surface area contributed by atoms with Crippen molar-refractivity contribution in [3.05, 3.63) is 46.9 Å². The van der Waals surface area contributed by atoms with Gasteiger partial charge in [0.25, 0.3) is 0 Å². The minimum absolute atomic E-state index is 0. The van der Waals surface area contributed by atoms with Crippen molar-refractivity contribution in [2.75, 3.05) is 7.05 Å². The van der Waals surface area contributed by atoms with E-state index in [1.165, 1.54) is 0 Å². The second-order valence-corrected chi connectivity index (χ2v) is 7.54. The lowest BCUT2D eigenvalue weighted by Gasteiger charge is -2.42. The van der Waals surface area contributed by atoms with E-state index in [0.717, 1.165) is 37.4 Å². The average Bonchev–Trinajstić information content (AvgIpc) is 3.06. The lowest BCUT2D eigenvalue weighted by molar-refractivity contribution is -0.131. The normalized spacial score (nSPS) is 23.1. The Bertz CT molecular complexity index is 841. The number of hydrogen-bond acceptors (Lipinski definition) is 4. The first-order valence-electron chi connectivity index (χ1n) is 9.66. The van der Waals surface area contributed by atoms with Gasteiger partial charge in [-0.25, -0.2) is 17.9 Å². The van der Waals surface area contributed by atoms with Crippen molar-refractivity contribution < 1.29 is 22.6 Å². The van der Waals surface area contributed by atoms with Crippen molar-refractivity contribution in [2.24, 2.45) is 5.92 Å². The third kappa shape index (κ3) is 4.87. The highest BCUT2D eigenvalue weighted by atomic mass is 35.5. The SMILES string of the molecule is CNCc1cc(OCc2cc(F)c(F)cc2F)n(CC2OC3CCC2CC3)n1.Cl. The maximum absolute atomic E-state index is 13.9. The molecule has 5 rings (SSSR count). The standard InChI is InChI=1S/C20H24F3N3O2.ClH/c1-24-9-14-7-20(27-11-13-6-17(22)18(23)8-16(13)21)26(25-14)10-19-12-2-4-15(28-19)5-3-12;/h6-8,12,15,19,24H,2-5,9-11H2,1H3;1H. The van der Waals surface area contributed by atoms with Gasteiger partial charge in [0.05, 0.1) is 24.4 Å². The van der Waals surface area contributed by atoms with Crippen LogP contribution in [0.2, 0.25) is 0 Å². The maximum atomic E-state index is 13.9. The van der Waals surface area contributed by atoms with E-state index in [-0.39, 0.29) is 30.7 Å². The number of aromatic nitrogens is 2. The van der Waals surface area contributed by atoms with Crippen LogP contribution in [-0.2, 0) is 24.4 Å². The summed E-state index contributed by atoms with van der Waals surface area (Å²) in [6.07, 6.45) is 4.96. The highest BCUT2D eigenvalue weighted by Crippen LogP contribution is 2.38. The second kappa shape index (κ2) is 9.36. The Morgan fingerprint density at radius 3 is 2.48 bits per heavy atom. The molecule has 1 aliphatic carbocycles. The molecule has 3 fully saturated rings. The number of ether oxygens (including phenoxy) is 2. The highest BCUT2D eigenvalue weighted by Gasteiger charge is 2.37. The van der Waals surface area contributed by atoms with E-state index in [0.29, 0.717) is 37.1 Å². The zero-order chi connectivity index (χ0) is 19.7. The van der Waals surface area contributed by atoms with Gasteiger partial charge in [-0.15, -0.1) is 12.4 Å². The Kier molecular flexibility index (Phi) is 7.08.